The number of halogens is 1. The maximum Gasteiger partial charge on any atom is 0.252 e. The van der Waals surface area contributed by atoms with Gasteiger partial charge in [0.25, 0.3) is 5.91 Å². The van der Waals surface area contributed by atoms with E-state index in [-0.39, 0.29) is 18.3 Å². The summed E-state index contributed by atoms with van der Waals surface area (Å²) in [6.07, 6.45) is 1.59. The molecule has 0 aliphatic rings. The van der Waals surface area contributed by atoms with Crippen molar-refractivity contribution in [3.05, 3.63) is 89.9 Å². The maximum absolute atomic E-state index is 13.1. The second-order valence-electron chi connectivity index (χ2n) is 6.95. The predicted molar refractivity (Wildman–Crippen MR) is 118 cm³/mol. The molecule has 1 aromatic heterocycles. The van der Waals surface area contributed by atoms with Crippen LogP contribution < -0.4 is 14.8 Å². The molecule has 0 aliphatic heterocycles. The van der Waals surface area contributed by atoms with E-state index in [2.05, 4.69) is 10.3 Å². The summed E-state index contributed by atoms with van der Waals surface area (Å²) in [7, 11) is 3.15. The molecule has 3 aromatic carbocycles. The van der Waals surface area contributed by atoms with E-state index in [0.717, 1.165) is 5.56 Å². The number of carbonyl (C=O) groups excluding carboxylic acids is 1. The van der Waals surface area contributed by atoms with Crippen molar-refractivity contribution in [2.24, 2.45) is 0 Å². The Bertz CT molecular complexity index is 1230. The number of nitrogens with zero attached hydrogens (tertiary/aromatic N) is 1. The molecule has 1 N–H and O–H groups in total. The number of oxazole rings is 1. The Labute approximate surface area is 184 Å². The molecule has 1 heterocycles. The summed E-state index contributed by atoms with van der Waals surface area (Å²) in [5.74, 6) is 1.45. The third-order valence-corrected chi connectivity index (χ3v) is 4.95. The van der Waals surface area contributed by atoms with Gasteiger partial charge in [-0.3, -0.25) is 4.79 Å². The zero-order valence-corrected chi connectivity index (χ0v) is 17.6. The number of rotatable bonds is 7. The SMILES string of the molecule is COc1ccc(-c2cnc(-c3ccccc3C(=O)NCc3ccc(F)cc3)o2)c(OC)c1. The Morgan fingerprint density at radius 2 is 1.78 bits per heavy atom. The van der Waals surface area contributed by atoms with Crippen molar-refractivity contribution in [1.29, 1.82) is 0 Å². The minimum Gasteiger partial charge on any atom is -0.497 e. The van der Waals surface area contributed by atoms with E-state index in [0.29, 0.717) is 39.8 Å². The Morgan fingerprint density at radius 1 is 1.00 bits per heavy atom. The summed E-state index contributed by atoms with van der Waals surface area (Å²) in [4.78, 5) is 17.2. The Hall–Kier alpha value is -4.13. The van der Waals surface area contributed by atoms with Crippen LogP contribution in [-0.2, 0) is 6.54 Å². The molecule has 32 heavy (non-hydrogen) atoms. The molecule has 0 unspecified atom stereocenters. The van der Waals surface area contributed by atoms with E-state index < -0.39 is 0 Å². The number of ether oxygens (including phenoxy) is 2. The van der Waals surface area contributed by atoms with Gasteiger partial charge in [0, 0.05) is 18.2 Å². The van der Waals surface area contributed by atoms with Crippen LogP contribution in [-0.4, -0.2) is 25.1 Å². The first-order chi connectivity index (χ1) is 15.6. The highest BCUT2D eigenvalue weighted by Gasteiger charge is 2.18. The zero-order chi connectivity index (χ0) is 22.5. The molecule has 0 atom stereocenters. The first-order valence-electron chi connectivity index (χ1n) is 9.89. The first kappa shape index (κ1) is 21.1. The van der Waals surface area contributed by atoms with Crippen LogP contribution in [0.15, 0.2) is 77.3 Å². The molecule has 162 valence electrons. The smallest absolute Gasteiger partial charge is 0.252 e. The van der Waals surface area contributed by atoms with Gasteiger partial charge in [-0.05, 0) is 42.0 Å². The molecule has 0 saturated carbocycles. The van der Waals surface area contributed by atoms with Gasteiger partial charge < -0.3 is 19.2 Å². The number of hydrogen-bond acceptors (Lipinski definition) is 5. The summed E-state index contributed by atoms with van der Waals surface area (Å²) in [5.41, 5.74) is 2.49. The highest BCUT2D eigenvalue weighted by Crippen LogP contribution is 2.35. The maximum atomic E-state index is 13.1. The van der Waals surface area contributed by atoms with E-state index in [1.807, 2.05) is 12.1 Å². The van der Waals surface area contributed by atoms with E-state index >= 15 is 0 Å². The largest absolute Gasteiger partial charge is 0.497 e. The summed E-state index contributed by atoms with van der Waals surface area (Å²) in [5, 5.41) is 2.85. The number of amides is 1. The van der Waals surface area contributed by atoms with Crippen molar-refractivity contribution < 1.29 is 23.1 Å². The Balaban J connectivity index is 1.59. The monoisotopic (exact) mass is 432 g/mol. The van der Waals surface area contributed by atoms with Gasteiger partial charge >= 0.3 is 0 Å². The van der Waals surface area contributed by atoms with Gasteiger partial charge in [0.2, 0.25) is 5.89 Å². The third kappa shape index (κ3) is 4.46. The average molecular weight is 432 g/mol. The molecule has 7 heteroatoms. The fraction of sp³-hybridized carbons (Fsp3) is 0.120. The fourth-order valence-corrected chi connectivity index (χ4v) is 3.27. The molecule has 0 saturated heterocycles. The molecule has 1 amide bonds. The summed E-state index contributed by atoms with van der Waals surface area (Å²) in [6, 6.07) is 18.4. The van der Waals surface area contributed by atoms with E-state index in [1.165, 1.54) is 12.1 Å². The molecule has 0 fully saturated rings. The van der Waals surface area contributed by atoms with Crippen LogP contribution in [0.1, 0.15) is 15.9 Å². The normalized spacial score (nSPS) is 10.6. The summed E-state index contributed by atoms with van der Waals surface area (Å²) >= 11 is 0. The number of benzene rings is 3. The van der Waals surface area contributed by atoms with Gasteiger partial charge in [-0.2, -0.15) is 0 Å². The van der Waals surface area contributed by atoms with Crippen molar-refractivity contribution in [2.75, 3.05) is 14.2 Å². The minimum atomic E-state index is -0.321. The zero-order valence-electron chi connectivity index (χ0n) is 17.6. The number of carbonyl (C=O) groups is 1. The molecule has 0 bridgehead atoms. The van der Waals surface area contributed by atoms with Gasteiger partial charge in [-0.25, -0.2) is 9.37 Å². The molecule has 6 nitrogen and oxygen atoms in total. The van der Waals surface area contributed by atoms with Crippen LogP contribution in [0.4, 0.5) is 4.39 Å². The lowest BCUT2D eigenvalue weighted by Gasteiger charge is -2.09. The van der Waals surface area contributed by atoms with Crippen LogP contribution in [0.3, 0.4) is 0 Å². The van der Waals surface area contributed by atoms with E-state index in [9.17, 15) is 9.18 Å². The quantitative estimate of drug-likeness (QED) is 0.440. The van der Waals surface area contributed by atoms with Gasteiger partial charge in [-0.15, -0.1) is 0 Å². The van der Waals surface area contributed by atoms with Gasteiger partial charge in [-0.1, -0.05) is 24.3 Å². The van der Waals surface area contributed by atoms with Crippen LogP contribution in [0.25, 0.3) is 22.8 Å². The lowest BCUT2D eigenvalue weighted by molar-refractivity contribution is 0.0951. The number of hydrogen-bond donors (Lipinski definition) is 1. The standard InChI is InChI=1S/C25H21FN2O4/c1-30-18-11-12-21(22(13-18)31-2)23-15-28-25(32-23)20-6-4-3-5-19(20)24(29)27-14-16-7-9-17(26)10-8-16/h3-13,15H,14H2,1-2H3,(H,27,29). The second-order valence-corrected chi connectivity index (χ2v) is 6.95. The van der Waals surface area contributed by atoms with Crippen LogP contribution in [0.5, 0.6) is 11.5 Å². The number of aromatic nitrogens is 1. The number of methoxy groups -OCH3 is 2. The second kappa shape index (κ2) is 9.34. The lowest BCUT2D eigenvalue weighted by atomic mass is 10.1. The molecular formula is C25H21FN2O4. The van der Waals surface area contributed by atoms with Gasteiger partial charge in [0.1, 0.15) is 17.3 Å². The molecule has 4 rings (SSSR count). The topological polar surface area (TPSA) is 73.6 Å². The fourth-order valence-electron chi connectivity index (χ4n) is 3.27. The van der Waals surface area contributed by atoms with Crippen molar-refractivity contribution in [2.45, 2.75) is 6.54 Å². The molecule has 0 aliphatic carbocycles. The van der Waals surface area contributed by atoms with Crippen molar-refractivity contribution in [3.8, 4) is 34.3 Å². The van der Waals surface area contributed by atoms with Gasteiger partial charge in [0.15, 0.2) is 5.76 Å². The Morgan fingerprint density at radius 3 is 2.53 bits per heavy atom. The number of nitrogens with one attached hydrogen (secondary N) is 1. The van der Waals surface area contributed by atoms with Crippen molar-refractivity contribution in [1.82, 2.24) is 10.3 Å². The van der Waals surface area contributed by atoms with Crippen LogP contribution in [0, 0.1) is 5.82 Å². The predicted octanol–water partition coefficient (Wildman–Crippen LogP) is 5.09. The summed E-state index contributed by atoms with van der Waals surface area (Å²) in [6.45, 7) is 0.271. The Kier molecular flexibility index (Phi) is 6.17. The highest BCUT2D eigenvalue weighted by atomic mass is 19.1. The molecule has 0 radical (unpaired) electrons. The van der Waals surface area contributed by atoms with Crippen LogP contribution in [0.2, 0.25) is 0 Å². The van der Waals surface area contributed by atoms with Crippen molar-refractivity contribution >= 4 is 5.91 Å². The first-order valence-corrected chi connectivity index (χ1v) is 9.89. The lowest BCUT2D eigenvalue weighted by Crippen LogP contribution is -2.23. The van der Waals surface area contributed by atoms with E-state index in [4.69, 9.17) is 13.9 Å². The average Bonchev–Trinajstić information content (AvgIpc) is 3.33. The summed E-state index contributed by atoms with van der Waals surface area (Å²) < 4.78 is 29.7. The molecule has 4 aromatic rings. The van der Waals surface area contributed by atoms with Crippen molar-refractivity contribution in [3.63, 3.8) is 0 Å². The molecular weight excluding hydrogens is 411 g/mol. The minimum absolute atomic E-state index is 0.271. The van der Waals surface area contributed by atoms with Gasteiger partial charge in [0.05, 0.1) is 31.5 Å². The highest BCUT2D eigenvalue weighted by molar-refractivity contribution is 6.00. The van der Waals surface area contributed by atoms with Crippen LogP contribution >= 0.6 is 0 Å². The van der Waals surface area contributed by atoms with E-state index in [1.54, 1.807) is 62.9 Å². The third-order valence-electron chi connectivity index (χ3n) is 4.95. The molecule has 0 spiro atoms.